The zero-order valence-corrected chi connectivity index (χ0v) is 9.34. The number of benzene rings is 1. The monoisotopic (exact) mass is 218 g/mol. The lowest BCUT2D eigenvalue weighted by Crippen LogP contribution is -2.23. The molecule has 0 fully saturated rings. The van der Waals surface area contributed by atoms with Crippen molar-refractivity contribution < 1.29 is 9.13 Å². The smallest absolute Gasteiger partial charge is 0.158 e. The number of rotatable bonds is 1. The molecule has 0 radical (unpaired) electrons. The Morgan fingerprint density at radius 1 is 1.12 bits per heavy atom. The molecule has 0 saturated heterocycles. The molecule has 0 aliphatic carbocycles. The molecule has 0 aromatic heterocycles. The van der Waals surface area contributed by atoms with Crippen LogP contribution in [-0.2, 0) is 0 Å². The van der Waals surface area contributed by atoms with Crippen molar-refractivity contribution in [2.45, 2.75) is 26.4 Å². The maximum Gasteiger partial charge on any atom is 0.158 e. The first-order valence-corrected chi connectivity index (χ1v) is 4.70. The third kappa shape index (κ3) is 2.71. The number of nitrogens with zero attached hydrogens (tertiary/aromatic N) is 2. The van der Waals surface area contributed by atoms with E-state index in [9.17, 15) is 4.39 Å². The van der Waals surface area contributed by atoms with Gasteiger partial charge in [0.15, 0.2) is 5.82 Å². The molecular formula is C12H11FN2O. The minimum atomic E-state index is -0.800. The zero-order valence-electron chi connectivity index (χ0n) is 9.34. The fraction of sp³-hybridized carbons (Fsp3) is 0.333. The molecular weight excluding hydrogens is 207 g/mol. The van der Waals surface area contributed by atoms with E-state index in [0.29, 0.717) is 5.75 Å². The molecule has 16 heavy (non-hydrogen) atoms. The molecule has 1 rings (SSSR count). The molecule has 4 heteroatoms. The summed E-state index contributed by atoms with van der Waals surface area (Å²) >= 11 is 0. The lowest BCUT2D eigenvalue weighted by molar-refractivity contribution is 0.130. The highest BCUT2D eigenvalue weighted by Gasteiger charge is 2.16. The number of hydrogen-bond acceptors (Lipinski definition) is 3. The molecule has 3 nitrogen and oxygen atoms in total. The van der Waals surface area contributed by atoms with Crippen molar-refractivity contribution >= 4 is 0 Å². The summed E-state index contributed by atoms with van der Waals surface area (Å²) in [6.45, 7) is 5.48. The van der Waals surface area contributed by atoms with Crippen molar-refractivity contribution in [1.29, 1.82) is 10.5 Å². The van der Waals surface area contributed by atoms with Gasteiger partial charge < -0.3 is 4.74 Å². The van der Waals surface area contributed by atoms with Gasteiger partial charge in [0.25, 0.3) is 0 Å². The van der Waals surface area contributed by atoms with Gasteiger partial charge >= 0.3 is 0 Å². The molecule has 0 amide bonds. The van der Waals surface area contributed by atoms with E-state index in [0.717, 1.165) is 0 Å². The highest BCUT2D eigenvalue weighted by Crippen LogP contribution is 2.24. The molecule has 0 unspecified atom stereocenters. The Balaban J connectivity index is 3.25. The van der Waals surface area contributed by atoms with Gasteiger partial charge in [-0.3, -0.25) is 0 Å². The molecule has 0 N–H and O–H groups in total. The van der Waals surface area contributed by atoms with E-state index in [2.05, 4.69) is 0 Å². The first-order valence-electron chi connectivity index (χ1n) is 4.70. The minimum absolute atomic E-state index is 0.182. The predicted octanol–water partition coefficient (Wildman–Crippen LogP) is 2.75. The van der Waals surface area contributed by atoms with E-state index in [1.807, 2.05) is 20.8 Å². The summed E-state index contributed by atoms with van der Waals surface area (Å²) in [5.41, 5.74) is -0.825. The van der Waals surface area contributed by atoms with Crippen molar-refractivity contribution in [3.63, 3.8) is 0 Å². The molecule has 0 saturated carbocycles. The average Bonchev–Trinajstić information content (AvgIpc) is 2.18. The average molecular weight is 218 g/mol. The van der Waals surface area contributed by atoms with Crippen molar-refractivity contribution in [3.8, 4) is 17.9 Å². The number of ether oxygens (including phenoxy) is 1. The van der Waals surface area contributed by atoms with Crippen molar-refractivity contribution in [2.75, 3.05) is 0 Å². The summed E-state index contributed by atoms with van der Waals surface area (Å²) in [5, 5.41) is 17.4. The Bertz CT molecular complexity index is 454. The highest BCUT2D eigenvalue weighted by atomic mass is 19.1. The summed E-state index contributed by atoms with van der Waals surface area (Å²) < 4.78 is 18.9. The van der Waals surface area contributed by atoms with Gasteiger partial charge in [0.2, 0.25) is 0 Å². The molecule has 0 aliphatic heterocycles. The molecule has 1 aromatic carbocycles. The van der Waals surface area contributed by atoms with Gasteiger partial charge in [-0.1, -0.05) is 0 Å². The highest BCUT2D eigenvalue weighted by molar-refractivity contribution is 5.47. The molecule has 82 valence electrons. The Morgan fingerprint density at radius 3 is 1.88 bits per heavy atom. The Hall–Kier alpha value is -2.07. The predicted molar refractivity (Wildman–Crippen MR) is 56.2 cm³/mol. The van der Waals surface area contributed by atoms with Crippen LogP contribution in [-0.4, -0.2) is 5.60 Å². The van der Waals surface area contributed by atoms with E-state index >= 15 is 0 Å². The first-order chi connectivity index (χ1) is 7.37. The first kappa shape index (κ1) is 12.0. The van der Waals surface area contributed by atoms with Crippen LogP contribution in [0.1, 0.15) is 31.9 Å². The van der Waals surface area contributed by atoms with Crippen LogP contribution >= 0.6 is 0 Å². The van der Waals surface area contributed by atoms with E-state index in [4.69, 9.17) is 15.3 Å². The van der Waals surface area contributed by atoms with Crippen LogP contribution in [0.5, 0.6) is 5.75 Å². The van der Waals surface area contributed by atoms with Gasteiger partial charge in [-0.2, -0.15) is 10.5 Å². The summed E-state index contributed by atoms with van der Waals surface area (Å²) in [7, 11) is 0. The van der Waals surface area contributed by atoms with E-state index in [1.54, 1.807) is 12.1 Å². The second-order valence-corrected chi connectivity index (χ2v) is 4.27. The zero-order chi connectivity index (χ0) is 12.3. The SMILES string of the molecule is CC(C)(C)Oc1cc(C#N)c(F)c(C#N)c1. The topological polar surface area (TPSA) is 56.8 Å². The number of halogens is 1. The fourth-order valence-electron chi connectivity index (χ4n) is 1.17. The van der Waals surface area contributed by atoms with Crippen LogP contribution in [0.25, 0.3) is 0 Å². The molecule has 0 spiro atoms. The quantitative estimate of drug-likeness (QED) is 0.728. The van der Waals surface area contributed by atoms with Gasteiger partial charge in [-0.15, -0.1) is 0 Å². The summed E-state index contributed by atoms with van der Waals surface area (Å²) in [6, 6.07) is 5.97. The van der Waals surface area contributed by atoms with Gasteiger partial charge in [-0.05, 0) is 20.8 Å². The second-order valence-electron chi connectivity index (χ2n) is 4.27. The lowest BCUT2D eigenvalue weighted by atomic mass is 10.1. The Morgan fingerprint density at radius 2 is 1.56 bits per heavy atom. The van der Waals surface area contributed by atoms with Crippen molar-refractivity contribution in [2.24, 2.45) is 0 Å². The van der Waals surface area contributed by atoms with Gasteiger partial charge in [-0.25, -0.2) is 4.39 Å². The molecule has 1 aromatic rings. The van der Waals surface area contributed by atoms with Crippen LogP contribution in [0.2, 0.25) is 0 Å². The lowest BCUT2D eigenvalue weighted by Gasteiger charge is -2.21. The van der Waals surface area contributed by atoms with Crippen LogP contribution in [0.15, 0.2) is 12.1 Å². The number of hydrogen-bond donors (Lipinski definition) is 0. The van der Waals surface area contributed by atoms with E-state index < -0.39 is 11.4 Å². The summed E-state index contributed by atoms with van der Waals surface area (Å²) in [6.07, 6.45) is 0. The normalized spacial score (nSPS) is 10.4. The largest absolute Gasteiger partial charge is 0.488 e. The third-order valence-electron chi connectivity index (χ3n) is 1.71. The maximum absolute atomic E-state index is 13.4. The molecule has 0 atom stereocenters. The fourth-order valence-corrected chi connectivity index (χ4v) is 1.17. The van der Waals surface area contributed by atoms with Crippen molar-refractivity contribution in [3.05, 3.63) is 29.1 Å². The second kappa shape index (κ2) is 4.20. The van der Waals surface area contributed by atoms with Crippen LogP contribution in [0.3, 0.4) is 0 Å². The third-order valence-corrected chi connectivity index (χ3v) is 1.71. The van der Waals surface area contributed by atoms with Crippen LogP contribution in [0, 0.1) is 28.5 Å². The Labute approximate surface area is 93.7 Å². The van der Waals surface area contributed by atoms with Gasteiger partial charge in [0.1, 0.15) is 23.5 Å². The summed E-state index contributed by atoms with van der Waals surface area (Å²) in [5.74, 6) is -0.478. The van der Waals surface area contributed by atoms with Crippen LogP contribution in [0.4, 0.5) is 4.39 Å². The maximum atomic E-state index is 13.4. The molecule has 0 aliphatic rings. The van der Waals surface area contributed by atoms with Gasteiger partial charge in [0.05, 0.1) is 11.1 Å². The standard InChI is InChI=1S/C12H11FN2O/c1-12(2,3)16-10-4-8(6-14)11(13)9(5-10)7-15/h4-5H,1-3H3. The number of nitriles is 2. The van der Waals surface area contributed by atoms with Gasteiger partial charge in [0, 0.05) is 12.1 Å². The van der Waals surface area contributed by atoms with E-state index in [-0.39, 0.29) is 11.1 Å². The van der Waals surface area contributed by atoms with E-state index in [1.165, 1.54) is 12.1 Å². The Kier molecular flexibility index (Phi) is 3.15. The van der Waals surface area contributed by atoms with Crippen molar-refractivity contribution in [1.82, 2.24) is 0 Å². The molecule has 0 bridgehead atoms. The minimum Gasteiger partial charge on any atom is -0.488 e. The molecule has 0 heterocycles. The summed E-state index contributed by atoms with van der Waals surface area (Å²) in [4.78, 5) is 0. The van der Waals surface area contributed by atoms with Crippen LogP contribution < -0.4 is 4.74 Å².